The molecule has 1 fully saturated rings. The molecule has 0 aliphatic carbocycles. The molecule has 6 heteroatoms. The molecule has 1 amide bonds. The zero-order valence-corrected chi connectivity index (χ0v) is 19.6. The van der Waals surface area contributed by atoms with Crippen LogP contribution in [0.1, 0.15) is 28.1 Å². The summed E-state index contributed by atoms with van der Waals surface area (Å²) in [5.74, 6) is 0.0204. The van der Waals surface area contributed by atoms with Crippen molar-refractivity contribution in [2.45, 2.75) is 34.2 Å². The maximum atomic E-state index is 12.8. The Morgan fingerprint density at radius 1 is 0.906 bits per heavy atom. The molecule has 0 radical (unpaired) electrons. The van der Waals surface area contributed by atoms with Crippen LogP contribution in [0.3, 0.4) is 0 Å². The maximum Gasteiger partial charge on any atom is 0.238 e. The third-order valence-electron chi connectivity index (χ3n) is 6.32. The maximum absolute atomic E-state index is 12.8. The van der Waals surface area contributed by atoms with E-state index in [0.29, 0.717) is 6.54 Å². The van der Waals surface area contributed by atoms with E-state index >= 15 is 0 Å². The lowest BCUT2D eigenvalue weighted by atomic mass is 10.1. The minimum Gasteiger partial charge on any atom is -0.322 e. The van der Waals surface area contributed by atoms with Crippen LogP contribution in [0, 0.1) is 27.7 Å². The number of nitrogens with zero attached hydrogens (tertiary/aromatic N) is 4. The zero-order valence-electron chi connectivity index (χ0n) is 19.6. The van der Waals surface area contributed by atoms with E-state index in [1.54, 1.807) is 0 Å². The molecule has 1 aliphatic rings. The second-order valence-electron chi connectivity index (χ2n) is 8.82. The van der Waals surface area contributed by atoms with Gasteiger partial charge in [-0.3, -0.25) is 14.6 Å². The van der Waals surface area contributed by atoms with Gasteiger partial charge in [-0.25, -0.2) is 4.68 Å². The summed E-state index contributed by atoms with van der Waals surface area (Å²) in [7, 11) is 0. The van der Waals surface area contributed by atoms with E-state index in [9.17, 15) is 4.79 Å². The van der Waals surface area contributed by atoms with Crippen molar-refractivity contribution in [2.24, 2.45) is 0 Å². The highest BCUT2D eigenvalue weighted by Crippen LogP contribution is 2.23. The van der Waals surface area contributed by atoms with Crippen molar-refractivity contribution in [3.8, 4) is 5.69 Å². The molecule has 0 unspecified atom stereocenters. The van der Waals surface area contributed by atoms with Crippen LogP contribution in [-0.4, -0.2) is 58.2 Å². The third kappa shape index (κ3) is 5.09. The van der Waals surface area contributed by atoms with Gasteiger partial charge in [0.2, 0.25) is 5.91 Å². The number of hydrogen-bond donors (Lipinski definition) is 1. The van der Waals surface area contributed by atoms with Crippen LogP contribution in [0.2, 0.25) is 0 Å². The number of aromatic nitrogens is 2. The summed E-state index contributed by atoms with van der Waals surface area (Å²) < 4.78 is 1.90. The van der Waals surface area contributed by atoms with Crippen LogP contribution >= 0.6 is 0 Å². The van der Waals surface area contributed by atoms with E-state index in [1.807, 2.05) is 18.5 Å². The number of nitrogens with one attached hydrogen (secondary N) is 1. The van der Waals surface area contributed by atoms with E-state index in [1.165, 1.54) is 16.7 Å². The number of carbonyl (C=O) groups excluding carboxylic acids is 1. The Bertz CT molecular complexity index is 1080. The number of hydrogen-bond acceptors (Lipinski definition) is 4. The fraction of sp³-hybridized carbons (Fsp3) is 0.385. The van der Waals surface area contributed by atoms with E-state index < -0.39 is 0 Å². The standard InChI is InChI=1S/C26H33N5O/c1-19-9-11-24(12-10-19)31-22(4)26(21(3)28-31)27-25(32)18-30-15-13-29(14-16-30)17-23-8-6-5-7-20(23)2/h5-12H,13-18H2,1-4H3,(H,27,32). The molecule has 2 heterocycles. The fourth-order valence-electron chi connectivity index (χ4n) is 4.28. The number of rotatable bonds is 6. The molecule has 0 bridgehead atoms. The monoisotopic (exact) mass is 431 g/mol. The van der Waals surface area contributed by atoms with Crippen molar-refractivity contribution in [3.63, 3.8) is 0 Å². The smallest absolute Gasteiger partial charge is 0.238 e. The molecule has 0 saturated carbocycles. The lowest BCUT2D eigenvalue weighted by Gasteiger charge is -2.34. The Hall–Kier alpha value is -2.96. The highest BCUT2D eigenvalue weighted by molar-refractivity contribution is 5.93. The van der Waals surface area contributed by atoms with Gasteiger partial charge in [-0.1, -0.05) is 42.0 Å². The van der Waals surface area contributed by atoms with Crippen molar-refractivity contribution in [3.05, 3.63) is 76.6 Å². The van der Waals surface area contributed by atoms with Gasteiger partial charge < -0.3 is 5.32 Å². The lowest BCUT2D eigenvalue weighted by molar-refractivity contribution is -0.117. The van der Waals surface area contributed by atoms with Crippen LogP contribution in [0.5, 0.6) is 0 Å². The third-order valence-corrected chi connectivity index (χ3v) is 6.32. The molecule has 0 atom stereocenters. The first-order valence-corrected chi connectivity index (χ1v) is 11.3. The normalized spacial score (nSPS) is 15.1. The summed E-state index contributed by atoms with van der Waals surface area (Å²) in [5.41, 5.74) is 7.53. The first-order valence-electron chi connectivity index (χ1n) is 11.3. The van der Waals surface area contributed by atoms with E-state index in [-0.39, 0.29) is 5.91 Å². The molecule has 1 aliphatic heterocycles. The Morgan fingerprint density at radius 2 is 1.56 bits per heavy atom. The van der Waals surface area contributed by atoms with Gasteiger partial charge in [0.15, 0.2) is 0 Å². The number of piperazine rings is 1. The fourth-order valence-corrected chi connectivity index (χ4v) is 4.28. The second-order valence-corrected chi connectivity index (χ2v) is 8.82. The summed E-state index contributed by atoms with van der Waals surface area (Å²) in [6.45, 7) is 13.3. The Balaban J connectivity index is 1.32. The van der Waals surface area contributed by atoms with Gasteiger partial charge in [-0.15, -0.1) is 0 Å². The summed E-state index contributed by atoms with van der Waals surface area (Å²) in [5, 5.41) is 7.76. The predicted octanol–water partition coefficient (Wildman–Crippen LogP) is 3.86. The lowest BCUT2D eigenvalue weighted by Crippen LogP contribution is -2.48. The second kappa shape index (κ2) is 9.67. The average molecular weight is 432 g/mol. The number of anilines is 1. The van der Waals surface area contributed by atoms with E-state index in [0.717, 1.165) is 55.5 Å². The van der Waals surface area contributed by atoms with E-state index in [4.69, 9.17) is 0 Å². The first-order chi connectivity index (χ1) is 15.4. The highest BCUT2D eigenvalue weighted by Gasteiger charge is 2.21. The summed E-state index contributed by atoms with van der Waals surface area (Å²) in [6, 6.07) is 16.8. The Morgan fingerprint density at radius 3 is 2.25 bits per heavy atom. The SMILES string of the molecule is Cc1ccc(-n2nc(C)c(NC(=O)CN3CCN(Cc4ccccc4C)CC3)c2C)cc1. The molecule has 1 saturated heterocycles. The van der Waals surface area contributed by atoms with Crippen LogP contribution < -0.4 is 5.32 Å². The van der Waals surface area contributed by atoms with Gasteiger partial charge >= 0.3 is 0 Å². The molecular weight excluding hydrogens is 398 g/mol. The largest absolute Gasteiger partial charge is 0.322 e. The molecule has 1 aromatic heterocycles. The van der Waals surface area contributed by atoms with Gasteiger partial charge in [0.05, 0.1) is 29.3 Å². The van der Waals surface area contributed by atoms with Gasteiger partial charge in [0.1, 0.15) is 0 Å². The van der Waals surface area contributed by atoms with Gasteiger partial charge in [-0.2, -0.15) is 5.10 Å². The van der Waals surface area contributed by atoms with Gasteiger partial charge in [0.25, 0.3) is 0 Å². The molecule has 1 N–H and O–H groups in total. The molecular formula is C26H33N5O. The molecule has 4 rings (SSSR count). The summed E-state index contributed by atoms with van der Waals surface area (Å²) in [4.78, 5) is 17.5. The molecule has 6 nitrogen and oxygen atoms in total. The average Bonchev–Trinajstić information content (AvgIpc) is 3.05. The Labute approximate surface area is 190 Å². The summed E-state index contributed by atoms with van der Waals surface area (Å²) >= 11 is 0. The molecule has 168 valence electrons. The Kier molecular flexibility index (Phi) is 6.72. The molecule has 32 heavy (non-hydrogen) atoms. The topological polar surface area (TPSA) is 53.4 Å². The summed E-state index contributed by atoms with van der Waals surface area (Å²) in [6.07, 6.45) is 0. The quantitative estimate of drug-likeness (QED) is 0.644. The first kappa shape index (κ1) is 22.2. The van der Waals surface area contributed by atoms with Crippen molar-refractivity contribution in [1.82, 2.24) is 19.6 Å². The number of amides is 1. The molecule has 2 aromatic carbocycles. The molecule has 3 aromatic rings. The van der Waals surface area contributed by atoms with Crippen molar-refractivity contribution >= 4 is 11.6 Å². The van der Waals surface area contributed by atoms with Crippen LogP contribution in [-0.2, 0) is 11.3 Å². The zero-order chi connectivity index (χ0) is 22.7. The molecule has 0 spiro atoms. The van der Waals surface area contributed by atoms with Crippen LogP contribution in [0.25, 0.3) is 5.69 Å². The van der Waals surface area contributed by atoms with Crippen molar-refractivity contribution in [2.75, 3.05) is 38.0 Å². The minimum atomic E-state index is 0.0204. The van der Waals surface area contributed by atoms with Crippen molar-refractivity contribution < 1.29 is 4.79 Å². The predicted molar refractivity (Wildman–Crippen MR) is 129 cm³/mol. The minimum absolute atomic E-state index is 0.0204. The highest BCUT2D eigenvalue weighted by atomic mass is 16.2. The van der Waals surface area contributed by atoms with Gasteiger partial charge in [-0.05, 0) is 51.0 Å². The van der Waals surface area contributed by atoms with Crippen LogP contribution in [0.4, 0.5) is 5.69 Å². The van der Waals surface area contributed by atoms with Gasteiger partial charge in [0, 0.05) is 32.7 Å². The number of benzene rings is 2. The van der Waals surface area contributed by atoms with Crippen molar-refractivity contribution in [1.29, 1.82) is 0 Å². The van der Waals surface area contributed by atoms with E-state index in [2.05, 4.69) is 82.6 Å². The number of aryl methyl sites for hydroxylation is 3. The van der Waals surface area contributed by atoms with Crippen LogP contribution in [0.15, 0.2) is 48.5 Å². The number of carbonyl (C=O) groups is 1.